The minimum absolute atomic E-state index is 0. The number of amides is 1. The first kappa shape index (κ1) is 17.9. The molecule has 0 aliphatic carbocycles. The second kappa shape index (κ2) is 7.86. The van der Waals surface area contributed by atoms with E-state index in [1.54, 1.807) is 18.2 Å². The Morgan fingerprint density at radius 1 is 1.30 bits per heavy atom. The molecule has 1 aliphatic heterocycles. The summed E-state index contributed by atoms with van der Waals surface area (Å²) < 4.78 is 5.68. The van der Waals surface area contributed by atoms with Crippen molar-refractivity contribution in [1.29, 1.82) is 0 Å². The number of nitrogens with one attached hydrogen (secondary N) is 2. The van der Waals surface area contributed by atoms with Crippen molar-refractivity contribution in [2.24, 2.45) is 5.92 Å². The van der Waals surface area contributed by atoms with Crippen molar-refractivity contribution < 1.29 is 9.21 Å². The van der Waals surface area contributed by atoms with Gasteiger partial charge in [-0.05, 0) is 49.7 Å². The molecule has 23 heavy (non-hydrogen) atoms. The summed E-state index contributed by atoms with van der Waals surface area (Å²) in [5.41, 5.74) is 0.790. The van der Waals surface area contributed by atoms with Crippen molar-refractivity contribution in [3.63, 3.8) is 0 Å². The SMILES string of the molecule is CC1CNCCC1NC(=O)c1ccc(-c2ccccc2Cl)o1.Cl. The maximum atomic E-state index is 12.3. The van der Waals surface area contributed by atoms with Crippen molar-refractivity contribution in [3.05, 3.63) is 47.2 Å². The molecule has 1 amide bonds. The number of halogens is 2. The van der Waals surface area contributed by atoms with Crippen molar-refractivity contribution in [3.8, 4) is 11.3 Å². The van der Waals surface area contributed by atoms with Crippen LogP contribution in [0.1, 0.15) is 23.9 Å². The number of benzene rings is 1. The molecule has 1 aromatic heterocycles. The van der Waals surface area contributed by atoms with Gasteiger partial charge in [0.25, 0.3) is 5.91 Å². The number of hydrogen-bond acceptors (Lipinski definition) is 3. The van der Waals surface area contributed by atoms with Crippen LogP contribution in [0.25, 0.3) is 11.3 Å². The van der Waals surface area contributed by atoms with Crippen molar-refractivity contribution >= 4 is 29.9 Å². The van der Waals surface area contributed by atoms with E-state index < -0.39 is 0 Å². The van der Waals surface area contributed by atoms with Crippen LogP contribution in [-0.4, -0.2) is 25.0 Å². The van der Waals surface area contributed by atoms with Crippen molar-refractivity contribution in [2.75, 3.05) is 13.1 Å². The monoisotopic (exact) mass is 354 g/mol. The summed E-state index contributed by atoms with van der Waals surface area (Å²) in [5, 5.41) is 6.99. The Hall–Kier alpha value is -1.49. The molecule has 4 nitrogen and oxygen atoms in total. The summed E-state index contributed by atoms with van der Waals surface area (Å²) in [6, 6.07) is 11.1. The molecule has 6 heteroatoms. The van der Waals surface area contributed by atoms with Crippen LogP contribution in [0.3, 0.4) is 0 Å². The lowest BCUT2D eigenvalue weighted by molar-refractivity contribution is 0.0887. The van der Waals surface area contributed by atoms with E-state index in [0.717, 1.165) is 25.1 Å². The number of carbonyl (C=O) groups is 1. The third-order valence-corrected chi connectivity index (χ3v) is 4.40. The van der Waals surface area contributed by atoms with E-state index in [1.807, 2.05) is 18.2 Å². The quantitative estimate of drug-likeness (QED) is 0.882. The lowest BCUT2D eigenvalue weighted by Gasteiger charge is -2.29. The maximum absolute atomic E-state index is 12.3. The molecule has 2 aromatic rings. The van der Waals surface area contributed by atoms with Crippen LogP contribution in [0.2, 0.25) is 5.02 Å². The van der Waals surface area contributed by atoms with E-state index >= 15 is 0 Å². The highest BCUT2D eigenvalue weighted by atomic mass is 35.5. The molecule has 3 rings (SSSR count). The van der Waals surface area contributed by atoms with E-state index in [-0.39, 0.29) is 24.4 Å². The lowest BCUT2D eigenvalue weighted by Crippen LogP contribution is -2.48. The van der Waals surface area contributed by atoms with Gasteiger partial charge in [-0.2, -0.15) is 0 Å². The first-order valence-electron chi connectivity index (χ1n) is 7.51. The molecular formula is C17H20Cl2N2O2. The predicted octanol–water partition coefficient (Wildman–Crippen LogP) is 3.75. The Balaban J connectivity index is 0.00000192. The van der Waals surface area contributed by atoms with Gasteiger partial charge in [0.15, 0.2) is 5.76 Å². The van der Waals surface area contributed by atoms with Crippen LogP contribution in [0, 0.1) is 5.92 Å². The van der Waals surface area contributed by atoms with Gasteiger partial charge in [-0.3, -0.25) is 4.79 Å². The molecule has 0 spiro atoms. The second-order valence-electron chi connectivity index (χ2n) is 5.69. The first-order valence-corrected chi connectivity index (χ1v) is 7.89. The highest BCUT2D eigenvalue weighted by molar-refractivity contribution is 6.33. The summed E-state index contributed by atoms with van der Waals surface area (Å²) in [7, 11) is 0. The maximum Gasteiger partial charge on any atom is 0.287 e. The van der Waals surface area contributed by atoms with E-state index in [4.69, 9.17) is 16.0 Å². The van der Waals surface area contributed by atoms with E-state index in [2.05, 4.69) is 17.6 Å². The summed E-state index contributed by atoms with van der Waals surface area (Å²) in [5.74, 6) is 1.17. The number of rotatable bonds is 3. The van der Waals surface area contributed by atoms with Crippen LogP contribution >= 0.6 is 24.0 Å². The zero-order valence-corrected chi connectivity index (χ0v) is 14.4. The third kappa shape index (κ3) is 4.08. The molecule has 1 fully saturated rings. The van der Waals surface area contributed by atoms with E-state index in [0.29, 0.717) is 22.5 Å². The van der Waals surface area contributed by atoms with Gasteiger partial charge in [0.05, 0.1) is 5.02 Å². The molecule has 1 saturated heterocycles. The molecule has 2 atom stereocenters. The Morgan fingerprint density at radius 2 is 2.09 bits per heavy atom. The van der Waals surface area contributed by atoms with Gasteiger partial charge in [-0.1, -0.05) is 30.7 Å². The van der Waals surface area contributed by atoms with Gasteiger partial charge >= 0.3 is 0 Å². The van der Waals surface area contributed by atoms with Gasteiger partial charge in [-0.25, -0.2) is 0 Å². The molecule has 2 heterocycles. The zero-order chi connectivity index (χ0) is 15.5. The lowest BCUT2D eigenvalue weighted by atomic mass is 9.95. The average Bonchev–Trinajstić information content (AvgIpc) is 3.00. The fourth-order valence-corrected chi connectivity index (χ4v) is 2.96. The normalized spacial score (nSPS) is 20.6. The van der Waals surface area contributed by atoms with Crippen molar-refractivity contribution in [2.45, 2.75) is 19.4 Å². The highest BCUT2D eigenvalue weighted by Crippen LogP contribution is 2.29. The minimum atomic E-state index is -0.169. The Bertz CT molecular complexity index is 672. The van der Waals surface area contributed by atoms with Crippen LogP contribution in [0.15, 0.2) is 40.8 Å². The van der Waals surface area contributed by atoms with E-state index in [1.165, 1.54) is 0 Å². The van der Waals surface area contributed by atoms with Gasteiger partial charge in [0.1, 0.15) is 5.76 Å². The van der Waals surface area contributed by atoms with Crippen LogP contribution < -0.4 is 10.6 Å². The van der Waals surface area contributed by atoms with Crippen LogP contribution in [0.4, 0.5) is 0 Å². The molecule has 0 bridgehead atoms. The third-order valence-electron chi connectivity index (χ3n) is 4.07. The second-order valence-corrected chi connectivity index (χ2v) is 6.10. The molecule has 2 N–H and O–H groups in total. The fraction of sp³-hybridized carbons (Fsp3) is 0.353. The van der Waals surface area contributed by atoms with Crippen LogP contribution in [-0.2, 0) is 0 Å². The molecule has 2 unspecified atom stereocenters. The average molecular weight is 355 g/mol. The minimum Gasteiger partial charge on any atom is -0.451 e. The summed E-state index contributed by atoms with van der Waals surface area (Å²) in [6.45, 7) is 3.99. The van der Waals surface area contributed by atoms with Crippen molar-refractivity contribution in [1.82, 2.24) is 10.6 Å². The number of piperidine rings is 1. The Morgan fingerprint density at radius 3 is 2.83 bits per heavy atom. The molecular weight excluding hydrogens is 335 g/mol. The topological polar surface area (TPSA) is 54.3 Å². The molecule has 0 radical (unpaired) electrons. The Labute approximate surface area is 147 Å². The molecule has 1 aliphatic rings. The number of furan rings is 1. The fourth-order valence-electron chi connectivity index (χ4n) is 2.73. The molecule has 0 saturated carbocycles. The summed E-state index contributed by atoms with van der Waals surface area (Å²) >= 11 is 6.15. The van der Waals surface area contributed by atoms with Gasteiger partial charge in [0, 0.05) is 11.6 Å². The predicted molar refractivity (Wildman–Crippen MR) is 94.3 cm³/mol. The van der Waals surface area contributed by atoms with Gasteiger partial charge in [-0.15, -0.1) is 12.4 Å². The Kier molecular flexibility index (Phi) is 6.10. The highest BCUT2D eigenvalue weighted by Gasteiger charge is 2.24. The number of carbonyl (C=O) groups excluding carboxylic acids is 1. The van der Waals surface area contributed by atoms with E-state index in [9.17, 15) is 4.79 Å². The summed E-state index contributed by atoms with van der Waals surface area (Å²) in [4.78, 5) is 12.3. The molecule has 124 valence electrons. The largest absolute Gasteiger partial charge is 0.451 e. The van der Waals surface area contributed by atoms with Gasteiger partial charge in [0.2, 0.25) is 0 Å². The smallest absolute Gasteiger partial charge is 0.287 e. The molecule has 1 aromatic carbocycles. The zero-order valence-electron chi connectivity index (χ0n) is 12.8. The van der Waals surface area contributed by atoms with Gasteiger partial charge < -0.3 is 15.1 Å². The van der Waals surface area contributed by atoms with Crippen LogP contribution in [0.5, 0.6) is 0 Å². The standard InChI is InChI=1S/C17H19ClN2O2.ClH/c1-11-10-19-9-8-14(11)20-17(21)16-7-6-15(22-16)12-4-2-3-5-13(12)18;/h2-7,11,14,19H,8-10H2,1H3,(H,20,21);1H. The first-order chi connectivity index (χ1) is 10.6. The number of hydrogen-bond donors (Lipinski definition) is 2. The summed E-state index contributed by atoms with van der Waals surface area (Å²) in [6.07, 6.45) is 0.936.